The molecule has 2 fully saturated rings. The topological polar surface area (TPSA) is 42.7 Å². The number of rotatable bonds is 2. The van der Waals surface area contributed by atoms with E-state index in [-0.39, 0.29) is 52.6 Å². The molecule has 7 heteroatoms. The van der Waals surface area contributed by atoms with Crippen molar-refractivity contribution in [2.24, 2.45) is 0 Å². The van der Waals surface area contributed by atoms with Crippen LogP contribution < -0.4 is 5.32 Å². The van der Waals surface area contributed by atoms with Crippen LogP contribution in [-0.4, -0.2) is 23.8 Å². The Morgan fingerprint density at radius 1 is 1.27 bits per heavy atom. The fourth-order valence-electron chi connectivity index (χ4n) is 3.01. The Kier molecular flexibility index (Phi) is 8.40. The second-order valence-electron chi connectivity index (χ2n) is 5.24. The van der Waals surface area contributed by atoms with Crippen LogP contribution in [0.1, 0.15) is 24.8 Å². The van der Waals surface area contributed by atoms with Crippen LogP contribution in [0.4, 0.5) is 0 Å². The summed E-state index contributed by atoms with van der Waals surface area (Å²) in [5, 5.41) is 3.25. The lowest BCUT2D eigenvalue weighted by molar-refractivity contribution is -0.161. The van der Waals surface area contributed by atoms with E-state index in [0.717, 1.165) is 24.8 Å². The maximum absolute atomic E-state index is 12.0. The maximum atomic E-state index is 12.0. The van der Waals surface area contributed by atoms with E-state index in [9.17, 15) is 4.79 Å². The zero-order chi connectivity index (χ0) is 13.3. The van der Waals surface area contributed by atoms with Gasteiger partial charge in [-0.05, 0) is 24.8 Å². The summed E-state index contributed by atoms with van der Waals surface area (Å²) in [7, 11) is 0. The highest BCUT2D eigenvalue weighted by Crippen LogP contribution is 2.37. The number of hydrogen-bond acceptors (Lipinski definition) is 3. The first kappa shape index (κ1) is 21.2. The fourth-order valence-corrected chi connectivity index (χ4v) is 3.01. The van der Waals surface area contributed by atoms with Gasteiger partial charge in [-0.3, -0.25) is 9.64 Å². The molecule has 22 heavy (non-hydrogen) atoms. The number of ether oxygens (including phenoxy) is 1. The summed E-state index contributed by atoms with van der Waals surface area (Å²) in [6, 6.07) is 9.41. The van der Waals surface area contributed by atoms with E-state index in [1.54, 1.807) is 0 Å². The van der Waals surface area contributed by atoms with E-state index in [1.807, 2.05) is 30.3 Å². The van der Waals surface area contributed by atoms with Crippen LogP contribution in [0.2, 0.25) is 0 Å². The Bertz CT molecular complexity index is 535. The predicted octanol–water partition coefficient (Wildman–Crippen LogP) is 2.25. The smallest absolute Gasteiger partial charge is 0.324 e. The molecule has 1 aromatic carbocycles. The molecular formula is C15H22N2O2S3. The fraction of sp³-hybridized carbons (Fsp3) is 0.467. The van der Waals surface area contributed by atoms with Gasteiger partial charge in [-0.25, -0.2) is 11.9 Å². The van der Waals surface area contributed by atoms with Crippen molar-refractivity contribution in [3.63, 3.8) is 0 Å². The molecule has 2 aliphatic rings. The Morgan fingerprint density at radius 3 is 2.59 bits per heavy atom. The van der Waals surface area contributed by atoms with Crippen molar-refractivity contribution < 1.29 is 9.53 Å². The SMILES string of the molecule is S.S.S.[C-]#[N+][C@@]12CCC[C@@H]1OC(=O)[C@H](Cc1ccccc1)N2. The lowest BCUT2D eigenvalue weighted by atomic mass is 9.98. The van der Waals surface area contributed by atoms with Gasteiger partial charge in [0, 0.05) is 6.42 Å². The van der Waals surface area contributed by atoms with E-state index in [0.29, 0.717) is 6.42 Å². The average Bonchev–Trinajstić information content (AvgIpc) is 2.84. The molecule has 4 nitrogen and oxygen atoms in total. The third-order valence-electron chi connectivity index (χ3n) is 4.01. The highest BCUT2D eigenvalue weighted by atomic mass is 32.1. The zero-order valence-electron chi connectivity index (χ0n) is 12.1. The Hall–Kier alpha value is -0.810. The van der Waals surface area contributed by atoms with Crippen LogP contribution in [-0.2, 0) is 16.0 Å². The minimum Gasteiger partial charge on any atom is -0.451 e. The summed E-state index contributed by atoms with van der Waals surface area (Å²) in [4.78, 5) is 15.7. The second-order valence-corrected chi connectivity index (χ2v) is 5.24. The normalized spacial score (nSPS) is 28.8. The third-order valence-corrected chi connectivity index (χ3v) is 4.01. The molecule has 122 valence electrons. The number of nitrogens with zero attached hydrogens (tertiary/aromatic N) is 1. The van der Waals surface area contributed by atoms with Crippen molar-refractivity contribution >= 4 is 46.5 Å². The lowest BCUT2D eigenvalue weighted by Crippen LogP contribution is -2.62. The van der Waals surface area contributed by atoms with Crippen molar-refractivity contribution in [1.29, 1.82) is 0 Å². The van der Waals surface area contributed by atoms with Gasteiger partial charge in [-0.1, -0.05) is 30.3 Å². The Morgan fingerprint density at radius 2 is 1.95 bits per heavy atom. The molecule has 0 amide bonds. The van der Waals surface area contributed by atoms with E-state index in [1.165, 1.54) is 0 Å². The molecule has 1 aromatic rings. The average molecular weight is 359 g/mol. The third kappa shape index (κ3) is 3.93. The Balaban J connectivity index is 0.00000147. The molecule has 1 saturated heterocycles. The van der Waals surface area contributed by atoms with Crippen LogP contribution in [0.3, 0.4) is 0 Å². The van der Waals surface area contributed by atoms with Crippen molar-refractivity contribution in [2.75, 3.05) is 0 Å². The van der Waals surface area contributed by atoms with Gasteiger partial charge in [0.1, 0.15) is 6.04 Å². The molecular weight excluding hydrogens is 336 g/mol. The summed E-state index contributed by atoms with van der Waals surface area (Å²) in [5.74, 6) is -0.227. The quantitative estimate of drug-likeness (QED) is 0.651. The van der Waals surface area contributed by atoms with Crippen LogP contribution in [0.5, 0.6) is 0 Å². The van der Waals surface area contributed by atoms with Gasteiger partial charge in [-0.15, -0.1) is 0 Å². The second kappa shape index (κ2) is 8.73. The predicted molar refractivity (Wildman–Crippen MR) is 101 cm³/mol. The first-order chi connectivity index (χ1) is 9.23. The zero-order valence-corrected chi connectivity index (χ0v) is 15.1. The number of carbonyl (C=O) groups excluding carboxylic acids is 1. The van der Waals surface area contributed by atoms with Gasteiger partial charge in [0.25, 0.3) is 0 Å². The van der Waals surface area contributed by atoms with E-state index >= 15 is 0 Å². The van der Waals surface area contributed by atoms with Crippen LogP contribution in [0.25, 0.3) is 4.85 Å². The molecule has 0 radical (unpaired) electrons. The van der Waals surface area contributed by atoms with Crippen LogP contribution in [0.15, 0.2) is 30.3 Å². The van der Waals surface area contributed by atoms with Gasteiger partial charge in [0.15, 0.2) is 6.10 Å². The molecule has 0 bridgehead atoms. The molecule has 0 spiro atoms. The molecule has 3 rings (SSSR count). The molecule has 3 atom stereocenters. The Labute approximate surface area is 152 Å². The van der Waals surface area contributed by atoms with Crippen molar-refractivity contribution in [3.05, 3.63) is 47.3 Å². The summed E-state index contributed by atoms with van der Waals surface area (Å²) in [5.41, 5.74) is 0.390. The molecule has 1 saturated carbocycles. The molecule has 1 heterocycles. The highest BCUT2D eigenvalue weighted by Gasteiger charge is 2.57. The standard InChI is InChI=1S/C15H16N2O2.3H2S/c1-16-15-9-5-8-13(15)19-14(18)12(17-15)10-11-6-3-2-4-7-11;;;/h2-4,6-7,12-13,17H,5,8-10H2;3*1H2/t12-,13-,15+;;;/m0.../s1. The van der Waals surface area contributed by atoms with Crippen LogP contribution >= 0.6 is 40.5 Å². The number of nitrogens with one attached hydrogen (secondary N) is 1. The number of benzene rings is 1. The molecule has 0 aromatic heterocycles. The summed E-state index contributed by atoms with van der Waals surface area (Å²) in [6.07, 6.45) is 2.79. The van der Waals surface area contributed by atoms with E-state index < -0.39 is 11.7 Å². The van der Waals surface area contributed by atoms with E-state index in [4.69, 9.17) is 11.3 Å². The molecule has 1 aliphatic carbocycles. The number of hydrogen-bond donors (Lipinski definition) is 1. The number of esters is 1. The lowest BCUT2D eigenvalue weighted by Gasteiger charge is -2.34. The minimum atomic E-state index is -0.687. The minimum absolute atomic E-state index is 0. The van der Waals surface area contributed by atoms with E-state index in [2.05, 4.69) is 10.2 Å². The first-order valence-corrected chi connectivity index (χ1v) is 6.64. The number of morpholine rings is 1. The van der Waals surface area contributed by atoms with Gasteiger partial charge in [-0.2, -0.15) is 40.5 Å². The highest BCUT2D eigenvalue weighted by molar-refractivity contribution is 7.59. The van der Waals surface area contributed by atoms with Gasteiger partial charge in [0.2, 0.25) is 0 Å². The van der Waals surface area contributed by atoms with Gasteiger partial charge < -0.3 is 4.74 Å². The van der Waals surface area contributed by atoms with Crippen molar-refractivity contribution in [1.82, 2.24) is 5.32 Å². The van der Waals surface area contributed by atoms with Crippen molar-refractivity contribution in [3.8, 4) is 0 Å². The van der Waals surface area contributed by atoms with Crippen LogP contribution in [0, 0.1) is 6.57 Å². The van der Waals surface area contributed by atoms with Crippen molar-refractivity contribution in [2.45, 2.75) is 43.5 Å². The summed E-state index contributed by atoms with van der Waals surface area (Å²) < 4.78 is 5.47. The summed E-state index contributed by atoms with van der Waals surface area (Å²) >= 11 is 0. The first-order valence-electron chi connectivity index (χ1n) is 6.64. The molecule has 1 N–H and O–H groups in total. The number of carbonyl (C=O) groups is 1. The van der Waals surface area contributed by atoms with Gasteiger partial charge in [0.05, 0.1) is 0 Å². The molecule has 0 unspecified atom stereocenters. The molecule has 1 aliphatic heterocycles. The largest absolute Gasteiger partial charge is 0.451 e. The van der Waals surface area contributed by atoms with Gasteiger partial charge >= 0.3 is 11.6 Å². The maximum Gasteiger partial charge on any atom is 0.324 e. The number of fused-ring (bicyclic) bond motifs is 1. The summed E-state index contributed by atoms with van der Waals surface area (Å²) in [6.45, 7) is 7.42. The monoisotopic (exact) mass is 358 g/mol.